The summed E-state index contributed by atoms with van der Waals surface area (Å²) in [4.78, 5) is 28.5. The van der Waals surface area contributed by atoms with Crippen LogP contribution in [0.15, 0.2) is 24.5 Å². The van der Waals surface area contributed by atoms with E-state index in [-0.39, 0.29) is 24.6 Å². The number of nitrogens with one attached hydrogen (secondary N) is 1. The molecule has 1 aliphatic heterocycles. The summed E-state index contributed by atoms with van der Waals surface area (Å²) in [5.74, 6) is -0.208. The second-order valence-corrected chi connectivity index (χ2v) is 10.7. The first kappa shape index (κ1) is 23.1. The van der Waals surface area contributed by atoms with Gasteiger partial charge in [0.2, 0.25) is 15.9 Å². The molecule has 1 aromatic heterocycles. The number of sulfonamides is 1. The minimum absolute atomic E-state index is 0.208. The van der Waals surface area contributed by atoms with Crippen molar-refractivity contribution in [1.82, 2.24) is 9.78 Å². The summed E-state index contributed by atoms with van der Waals surface area (Å²) in [6.45, 7) is 7.06. The van der Waals surface area contributed by atoms with Crippen LogP contribution in [0.5, 0.6) is 0 Å². The Morgan fingerprint density at radius 1 is 1.21 bits per heavy atom. The Morgan fingerprint density at radius 3 is 2.48 bits per heavy atom. The molecule has 2 amide bonds. The third-order valence-electron chi connectivity index (χ3n) is 5.58. The second kappa shape index (κ2) is 8.36. The highest BCUT2D eigenvalue weighted by atomic mass is 32.2. The number of hydrogen-bond donors (Lipinski definition) is 1. The van der Waals surface area contributed by atoms with Crippen molar-refractivity contribution in [3.8, 4) is 11.1 Å². The molecule has 33 heavy (non-hydrogen) atoms. The van der Waals surface area contributed by atoms with Gasteiger partial charge in [0.15, 0.2) is 0 Å². The van der Waals surface area contributed by atoms with Crippen LogP contribution < -0.4 is 14.5 Å². The van der Waals surface area contributed by atoms with Crippen LogP contribution in [-0.4, -0.2) is 55.1 Å². The normalized spacial score (nSPS) is 18.3. The minimum atomic E-state index is -3.61. The number of hydrogen-bond acceptors (Lipinski definition) is 6. The first-order chi connectivity index (χ1) is 15.4. The van der Waals surface area contributed by atoms with Gasteiger partial charge >= 0.3 is 6.09 Å². The molecule has 0 spiro atoms. The lowest BCUT2D eigenvalue weighted by molar-refractivity contribution is -0.117. The number of fused-ring (bicyclic) bond motifs is 1. The van der Waals surface area contributed by atoms with Gasteiger partial charge in [-0.25, -0.2) is 13.2 Å². The number of rotatable bonds is 5. The molecule has 0 saturated heterocycles. The zero-order valence-electron chi connectivity index (χ0n) is 19.4. The number of ether oxygens (including phenoxy) is 1. The Hall–Kier alpha value is -3.08. The van der Waals surface area contributed by atoms with Gasteiger partial charge in [-0.1, -0.05) is 0 Å². The molecule has 0 radical (unpaired) electrons. The topological polar surface area (TPSA) is 114 Å². The largest absolute Gasteiger partial charge is 0.446 e. The summed E-state index contributed by atoms with van der Waals surface area (Å²) in [5, 5.41) is 4.42. The predicted molar refractivity (Wildman–Crippen MR) is 126 cm³/mol. The number of amides is 2. The smallest absolute Gasteiger partial charge is 0.414 e. The molecule has 1 aromatic carbocycles. The summed E-state index contributed by atoms with van der Waals surface area (Å²) in [6, 6.07) is 3.35. The van der Waals surface area contributed by atoms with Gasteiger partial charge in [-0.05, 0) is 45.7 Å². The molecule has 10 nitrogen and oxygen atoms in total. The Balaban J connectivity index is 1.90. The van der Waals surface area contributed by atoms with Crippen LogP contribution in [0.1, 0.15) is 46.6 Å². The van der Waals surface area contributed by atoms with Crippen LogP contribution in [0.3, 0.4) is 0 Å². The Morgan fingerprint density at radius 2 is 1.91 bits per heavy atom. The Kier molecular flexibility index (Phi) is 5.85. The number of benzene rings is 1. The Labute approximate surface area is 193 Å². The number of aromatic nitrogens is 2. The molecular weight excluding hydrogens is 446 g/mol. The van der Waals surface area contributed by atoms with Gasteiger partial charge in [0.05, 0.1) is 47.7 Å². The van der Waals surface area contributed by atoms with Gasteiger partial charge in [0, 0.05) is 30.8 Å². The predicted octanol–water partition coefficient (Wildman–Crippen LogP) is 3.36. The molecule has 11 heteroatoms. The van der Waals surface area contributed by atoms with E-state index in [1.807, 2.05) is 17.8 Å². The summed E-state index contributed by atoms with van der Waals surface area (Å²) >= 11 is 0. The van der Waals surface area contributed by atoms with Crippen LogP contribution in [0.4, 0.5) is 21.9 Å². The molecule has 2 heterocycles. The second-order valence-electron chi connectivity index (χ2n) is 8.98. The fraction of sp³-hybridized carbons (Fsp3) is 0.500. The third-order valence-corrected chi connectivity index (χ3v) is 6.17. The van der Waals surface area contributed by atoms with Gasteiger partial charge < -0.3 is 9.64 Å². The molecule has 1 aliphatic carbocycles. The SMILES string of the molecule is CC(=O)N1c2cc(NS(C)(=O)=O)c(-c3cnn(C4CC4)c3)cc2N(C(=O)OC(C)C)C[C@@H]1C. The highest BCUT2D eigenvalue weighted by Gasteiger charge is 2.36. The molecule has 1 atom stereocenters. The Bertz CT molecular complexity index is 1200. The average molecular weight is 476 g/mol. The molecule has 4 rings (SSSR count). The monoisotopic (exact) mass is 475 g/mol. The molecule has 178 valence electrons. The van der Waals surface area contributed by atoms with Crippen molar-refractivity contribution in [2.75, 3.05) is 27.3 Å². The van der Waals surface area contributed by atoms with Crippen LogP contribution in [-0.2, 0) is 19.6 Å². The average Bonchev–Trinajstić information content (AvgIpc) is 3.42. The molecule has 1 N–H and O–H groups in total. The summed E-state index contributed by atoms with van der Waals surface area (Å²) < 4.78 is 34.2. The lowest BCUT2D eigenvalue weighted by atomic mass is 10.0. The molecule has 1 fully saturated rings. The van der Waals surface area contributed by atoms with E-state index in [0.717, 1.165) is 19.1 Å². The lowest BCUT2D eigenvalue weighted by Gasteiger charge is -2.41. The van der Waals surface area contributed by atoms with E-state index < -0.39 is 16.1 Å². The number of carbonyl (C=O) groups is 2. The van der Waals surface area contributed by atoms with Crippen LogP contribution in [0, 0.1) is 0 Å². The van der Waals surface area contributed by atoms with Gasteiger partial charge in [0.1, 0.15) is 0 Å². The van der Waals surface area contributed by atoms with Gasteiger partial charge in [-0.2, -0.15) is 5.10 Å². The fourth-order valence-electron chi connectivity index (χ4n) is 4.12. The van der Waals surface area contributed by atoms with E-state index in [4.69, 9.17) is 4.74 Å². The van der Waals surface area contributed by atoms with E-state index in [9.17, 15) is 18.0 Å². The van der Waals surface area contributed by atoms with Gasteiger partial charge in [-0.15, -0.1) is 0 Å². The van der Waals surface area contributed by atoms with Gasteiger partial charge in [-0.3, -0.25) is 19.1 Å². The van der Waals surface area contributed by atoms with Crippen molar-refractivity contribution < 1.29 is 22.7 Å². The fourth-order valence-corrected chi connectivity index (χ4v) is 4.69. The minimum Gasteiger partial charge on any atom is -0.446 e. The highest BCUT2D eigenvalue weighted by Crippen LogP contribution is 2.44. The van der Waals surface area contributed by atoms with Crippen molar-refractivity contribution in [3.05, 3.63) is 24.5 Å². The summed E-state index contributed by atoms with van der Waals surface area (Å²) in [7, 11) is -3.61. The zero-order chi connectivity index (χ0) is 24.1. The summed E-state index contributed by atoms with van der Waals surface area (Å²) in [6.07, 6.45) is 5.90. The zero-order valence-corrected chi connectivity index (χ0v) is 20.2. The van der Waals surface area contributed by atoms with Crippen LogP contribution >= 0.6 is 0 Å². The van der Waals surface area contributed by atoms with Crippen molar-refractivity contribution >= 4 is 39.1 Å². The van der Waals surface area contributed by atoms with E-state index in [0.29, 0.717) is 34.2 Å². The number of anilines is 3. The number of nitrogens with zero attached hydrogens (tertiary/aromatic N) is 4. The standard InChI is InChI=1S/C22H29N5O5S/c1-13(2)32-22(29)25-11-14(3)27(15(4)28)21-9-19(24-33(5,30)31)18(8-20(21)25)16-10-23-26(12-16)17-6-7-17/h8-10,12-14,17,24H,6-7,11H2,1-5H3/t14-/m0/s1. The van der Waals surface area contributed by atoms with Crippen molar-refractivity contribution in [2.24, 2.45) is 0 Å². The van der Waals surface area contributed by atoms with E-state index in [1.165, 1.54) is 11.8 Å². The van der Waals surface area contributed by atoms with E-state index in [2.05, 4.69) is 9.82 Å². The molecule has 2 aromatic rings. The van der Waals surface area contributed by atoms with Crippen LogP contribution in [0.2, 0.25) is 0 Å². The maximum absolute atomic E-state index is 12.9. The molecule has 0 bridgehead atoms. The van der Waals surface area contributed by atoms with Crippen molar-refractivity contribution in [3.63, 3.8) is 0 Å². The molecule has 1 saturated carbocycles. The third kappa shape index (κ3) is 4.82. The van der Waals surface area contributed by atoms with Crippen LogP contribution in [0.25, 0.3) is 11.1 Å². The molecule has 2 aliphatic rings. The van der Waals surface area contributed by atoms with E-state index in [1.54, 1.807) is 37.1 Å². The summed E-state index contributed by atoms with van der Waals surface area (Å²) in [5.41, 5.74) is 2.49. The van der Waals surface area contributed by atoms with E-state index >= 15 is 0 Å². The van der Waals surface area contributed by atoms with Gasteiger partial charge in [0.25, 0.3) is 0 Å². The molecule has 0 unspecified atom stereocenters. The van der Waals surface area contributed by atoms with Crippen molar-refractivity contribution in [1.29, 1.82) is 0 Å². The number of carbonyl (C=O) groups excluding carboxylic acids is 2. The quantitative estimate of drug-likeness (QED) is 0.709. The van der Waals surface area contributed by atoms with Crippen molar-refractivity contribution in [2.45, 2.75) is 58.7 Å². The first-order valence-electron chi connectivity index (χ1n) is 10.9. The lowest BCUT2D eigenvalue weighted by Crippen LogP contribution is -2.51. The first-order valence-corrected chi connectivity index (χ1v) is 12.8. The maximum atomic E-state index is 12.9. The molecular formula is C22H29N5O5S. The highest BCUT2D eigenvalue weighted by molar-refractivity contribution is 7.92. The maximum Gasteiger partial charge on any atom is 0.414 e.